The molecular formula is C15H12O5. The molecule has 0 aliphatic rings. The van der Waals surface area contributed by atoms with Gasteiger partial charge in [-0.15, -0.1) is 0 Å². The summed E-state index contributed by atoms with van der Waals surface area (Å²) in [4.78, 5) is 22.7. The predicted molar refractivity (Wildman–Crippen MR) is 71.3 cm³/mol. The first kappa shape index (κ1) is 13.6. The summed E-state index contributed by atoms with van der Waals surface area (Å²) >= 11 is 0. The zero-order valence-electron chi connectivity index (χ0n) is 10.7. The van der Waals surface area contributed by atoms with Gasteiger partial charge in [0.05, 0.1) is 18.2 Å². The molecule has 2 aromatic rings. The molecule has 0 aliphatic carbocycles. The monoisotopic (exact) mass is 272 g/mol. The third-order valence-electron chi connectivity index (χ3n) is 2.61. The predicted octanol–water partition coefficient (Wildman–Crippen LogP) is 2.96. The molecule has 0 unspecified atom stereocenters. The van der Waals surface area contributed by atoms with Crippen LogP contribution in [0.3, 0.4) is 0 Å². The number of rotatable bonds is 4. The van der Waals surface area contributed by atoms with E-state index in [1.54, 1.807) is 12.1 Å². The van der Waals surface area contributed by atoms with E-state index in [1.807, 2.05) is 18.2 Å². The van der Waals surface area contributed by atoms with Gasteiger partial charge in [-0.25, -0.2) is 9.59 Å². The summed E-state index contributed by atoms with van der Waals surface area (Å²) in [6.07, 6.45) is 0. The topological polar surface area (TPSA) is 72.8 Å². The molecule has 0 aromatic heterocycles. The van der Waals surface area contributed by atoms with E-state index in [4.69, 9.17) is 9.84 Å². The Morgan fingerprint density at radius 1 is 0.950 bits per heavy atom. The Balaban J connectivity index is 2.37. The van der Waals surface area contributed by atoms with Crippen molar-refractivity contribution >= 4 is 11.9 Å². The van der Waals surface area contributed by atoms with E-state index in [0.717, 1.165) is 0 Å². The number of benzene rings is 2. The molecule has 0 radical (unpaired) electrons. The molecule has 0 saturated heterocycles. The first-order valence-electron chi connectivity index (χ1n) is 5.80. The number of carboxylic acids is 1. The Hall–Kier alpha value is -2.82. The molecule has 0 bridgehead atoms. The van der Waals surface area contributed by atoms with Crippen LogP contribution in [0.4, 0.5) is 0 Å². The molecule has 5 nitrogen and oxygen atoms in total. The number of para-hydroxylation sites is 1. The molecule has 102 valence electrons. The van der Waals surface area contributed by atoms with Gasteiger partial charge in [0, 0.05) is 0 Å². The van der Waals surface area contributed by atoms with Gasteiger partial charge >= 0.3 is 11.9 Å². The van der Waals surface area contributed by atoms with Crippen LogP contribution in [-0.4, -0.2) is 24.2 Å². The van der Waals surface area contributed by atoms with Gasteiger partial charge in [0.2, 0.25) is 0 Å². The fourth-order valence-electron chi connectivity index (χ4n) is 1.68. The van der Waals surface area contributed by atoms with Gasteiger partial charge in [-0.3, -0.25) is 0 Å². The van der Waals surface area contributed by atoms with Crippen molar-refractivity contribution in [1.82, 2.24) is 0 Å². The molecule has 1 N–H and O–H groups in total. The normalized spacial score (nSPS) is 9.85. The van der Waals surface area contributed by atoms with Crippen LogP contribution in [0.5, 0.6) is 11.5 Å². The van der Waals surface area contributed by atoms with Crippen molar-refractivity contribution in [2.45, 2.75) is 0 Å². The molecule has 0 atom stereocenters. The van der Waals surface area contributed by atoms with E-state index >= 15 is 0 Å². The average Bonchev–Trinajstić information content (AvgIpc) is 2.47. The lowest BCUT2D eigenvalue weighted by Gasteiger charge is -2.09. The van der Waals surface area contributed by atoms with Gasteiger partial charge in [0.25, 0.3) is 0 Å². The third-order valence-corrected chi connectivity index (χ3v) is 2.61. The highest BCUT2D eigenvalue weighted by atomic mass is 16.5. The summed E-state index contributed by atoms with van der Waals surface area (Å²) in [5, 5.41) is 9.04. The van der Waals surface area contributed by atoms with Crippen LogP contribution in [0.1, 0.15) is 20.7 Å². The van der Waals surface area contributed by atoms with Crippen LogP contribution < -0.4 is 4.74 Å². The molecule has 0 aliphatic heterocycles. The number of aromatic carboxylic acids is 1. The second-order valence-electron chi connectivity index (χ2n) is 3.92. The Kier molecular flexibility index (Phi) is 4.00. The lowest BCUT2D eigenvalue weighted by molar-refractivity contribution is 0.0582. The summed E-state index contributed by atoms with van der Waals surface area (Å²) in [6, 6.07) is 13.1. The summed E-state index contributed by atoms with van der Waals surface area (Å²) < 4.78 is 10.1. The summed E-state index contributed by atoms with van der Waals surface area (Å²) in [7, 11) is 1.19. The number of esters is 1. The minimum Gasteiger partial charge on any atom is -0.478 e. The van der Waals surface area contributed by atoms with Crippen LogP contribution >= 0.6 is 0 Å². The first-order valence-corrected chi connectivity index (χ1v) is 5.80. The Labute approximate surface area is 115 Å². The summed E-state index contributed by atoms with van der Waals surface area (Å²) in [5.41, 5.74) is -0.175. The Bertz CT molecular complexity index is 634. The molecule has 0 amide bonds. The molecule has 0 saturated carbocycles. The Morgan fingerprint density at radius 2 is 1.65 bits per heavy atom. The van der Waals surface area contributed by atoms with Crippen molar-refractivity contribution < 1.29 is 24.2 Å². The van der Waals surface area contributed by atoms with E-state index in [-0.39, 0.29) is 11.1 Å². The van der Waals surface area contributed by atoms with Gasteiger partial charge < -0.3 is 14.6 Å². The van der Waals surface area contributed by atoms with Gasteiger partial charge in [-0.05, 0) is 30.3 Å². The third kappa shape index (κ3) is 2.95. The average molecular weight is 272 g/mol. The fraction of sp³-hybridized carbons (Fsp3) is 0.0667. The van der Waals surface area contributed by atoms with Crippen molar-refractivity contribution in [2.75, 3.05) is 7.11 Å². The number of methoxy groups -OCH3 is 1. The molecule has 0 spiro atoms. The van der Waals surface area contributed by atoms with Crippen LogP contribution in [0.2, 0.25) is 0 Å². The molecule has 2 rings (SSSR count). The van der Waals surface area contributed by atoms with E-state index in [2.05, 4.69) is 4.74 Å². The minimum absolute atomic E-state index is 0.0477. The van der Waals surface area contributed by atoms with Crippen molar-refractivity contribution in [3.63, 3.8) is 0 Å². The van der Waals surface area contributed by atoms with Crippen LogP contribution in [0, 0.1) is 0 Å². The van der Waals surface area contributed by atoms with Crippen molar-refractivity contribution in [3.8, 4) is 11.5 Å². The summed E-state index contributed by atoms with van der Waals surface area (Å²) in [6.45, 7) is 0. The number of hydrogen-bond donors (Lipinski definition) is 1. The molecular weight excluding hydrogens is 260 g/mol. The molecule has 0 heterocycles. The maximum Gasteiger partial charge on any atom is 0.338 e. The first-order chi connectivity index (χ1) is 9.61. The van der Waals surface area contributed by atoms with E-state index in [9.17, 15) is 9.59 Å². The zero-order valence-corrected chi connectivity index (χ0v) is 10.7. The largest absolute Gasteiger partial charge is 0.478 e. The number of hydrogen-bond acceptors (Lipinski definition) is 4. The van der Waals surface area contributed by atoms with Crippen molar-refractivity contribution in [2.24, 2.45) is 0 Å². The van der Waals surface area contributed by atoms with Gasteiger partial charge in [-0.1, -0.05) is 18.2 Å². The number of carbonyl (C=O) groups excluding carboxylic acids is 1. The lowest BCUT2D eigenvalue weighted by atomic mass is 10.1. The van der Waals surface area contributed by atoms with Gasteiger partial charge in [0.1, 0.15) is 11.5 Å². The summed E-state index contributed by atoms with van der Waals surface area (Å²) in [5.74, 6) is -0.967. The maximum absolute atomic E-state index is 11.6. The maximum atomic E-state index is 11.6. The second-order valence-corrected chi connectivity index (χ2v) is 3.92. The fourth-order valence-corrected chi connectivity index (χ4v) is 1.68. The van der Waals surface area contributed by atoms with Crippen LogP contribution in [0.25, 0.3) is 0 Å². The molecule has 20 heavy (non-hydrogen) atoms. The number of carboxylic acid groups (broad SMARTS) is 1. The second kappa shape index (κ2) is 5.88. The van der Waals surface area contributed by atoms with Crippen LogP contribution in [0.15, 0.2) is 48.5 Å². The van der Waals surface area contributed by atoms with E-state index in [0.29, 0.717) is 11.5 Å². The zero-order chi connectivity index (χ0) is 14.5. The number of carbonyl (C=O) groups is 2. The standard InChI is InChI=1S/C15H12O5/c1-19-15(18)13-9-11(7-8-12(13)14(16)17)20-10-5-3-2-4-6-10/h2-9H,1H3,(H,16,17). The van der Waals surface area contributed by atoms with Gasteiger partial charge in [-0.2, -0.15) is 0 Å². The number of ether oxygens (including phenoxy) is 2. The smallest absolute Gasteiger partial charge is 0.338 e. The highest BCUT2D eigenvalue weighted by Gasteiger charge is 2.18. The van der Waals surface area contributed by atoms with E-state index in [1.165, 1.54) is 25.3 Å². The minimum atomic E-state index is -1.20. The Morgan fingerprint density at radius 3 is 2.25 bits per heavy atom. The van der Waals surface area contributed by atoms with Crippen molar-refractivity contribution in [1.29, 1.82) is 0 Å². The van der Waals surface area contributed by atoms with Gasteiger partial charge in [0.15, 0.2) is 0 Å². The molecule has 5 heteroatoms. The molecule has 0 fully saturated rings. The quantitative estimate of drug-likeness (QED) is 0.866. The SMILES string of the molecule is COC(=O)c1cc(Oc2ccccc2)ccc1C(=O)O. The highest BCUT2D eigenvalue weighted by Crippen LogP contribution is 2.24. The van der Waals surface area contributed by atoms with Crippen molar-refractivity contribution in [3.05, 3.63) is 59.7 Å². The lowest BCUT2D eigenvalue weighted by Crippen LogP contribution is -2.10. The highest BCUT2D eigenvalue weighted by molar-refractivity contribution is 6.02. The van der Waals surface area contributed by atoms with Crippen LogP contribution in [-0.2, 0) is 4.74 Å². The molecule has 2 aromatic carbocycles. The van der Waals surface area contributed by atoms with E-state index < -0.39 is 11.9 Å².